The number of amides is 1. The number of fused-ring (bicyclic) bond motifs is 1. The maximum absolute atomic E-state index is 13.4. The number of imidazole rings is 1. The zero-order valence-corrected chi connectivity index (χ0v) is 16.5. The van der Waals surface area contributed by atoms with Crippen molar-refractivity contribution in [2.75, 3.05) is 26.2 Å². The highest BCUT2D eigenvalue weighted by molar-refractivity contribution is 6.31. The summed E-state index contributed by atoms with van der Waals surface area (Å²) in [5.41, 5.74) is 2.35. The Bertz CT molecular complexity index is 1020. The van der Waals surface area contributed by atoms with E-state index in [1.165, 1.54) is 12.1 Å². The van der Waals surface area contributed by atoms with Gasteiger partial charge in [-0.1, -0.05) is 17.7 Å². The molecule has 5 nitrogen and oxygen atoms in total. The summed E-state index contributed by atoms with van der Waals surface area (Å²) in [6.07, 6.45) is 0.872. The van der Waals surface area contributed by atoms with Crippen LogP contribution < -0.4 is 0 Å². The third-order valence-electron chi connectivity index (χ3n) is 5.25. The molecule has 0 unspecified atom stereocenters. The van der Waals surface area contributed by atoms with Crippen molar-refractivity contribution in [2.24, 2.45) is 7.05 Å². The molecule has 0 N–H and O–H groups in total. The molecule has 1 amide bonds. The Balaban J connectivity index is 1.44. The molecule has 2 aromatic carbocycles. The van der Waals surface area contributed by atoms with E-state index in [0.717, 1.165) is 36.4 Å². The highest BCUT2D eigenvalue weighted by atomic mass is 35.5. The number of aryl methyl sites for hydroxylation is 1. The second-order valence-corrected chi connectivity index (χ2v) is 7.59. The maximum atomic E-state index is 13.4. The summed E-state index contributed by atoms with van der Waals surface area (Å²) < 4.78 is 15.5. The predicted molar refractivity (Wildman–Crippen MR) is 108 cm³/mol. The number of halogens is 2. The summed E-state index contributed by atoms with van der Waals surface area (Å²) >= 11 is 6.08. The van der Waals surface area contributed by atoms with Crippen molar-refractivity contribution in [3.05, 3.63) is 64.7 Å². The van der Waals surface area contributed by atoms with Gasteiger partial charge in [-0.25, -0.2) is 9.37 Å². The van der Waals surface area contributed by atoms with Gasteiger partial charge >= 0.3 is 0 Å². The van der Waals surface area contributed by atoms with Crippen molar-refractivity contribution in [3.8, 4) is 0 Å². The third-order valence-corrected chi connectivity index (χ3v) is 5.48. The average Bonchev–Trinajstić information content (AvgIpc) is 2.83. The van der Waals surface area contributed by atoms with Gasteiger partial charge in [0.15, 0.2) is 0 Å². The van der Waals surface area contributed by atoms with E-state index >= 15 is 0 Å². The molecule has 28 heavy (non-hydrogen) atoms. The molecule has 1 saturated heterocycles. The van der Waals surface area contributed by atoms with E-state index < -0.39 is 0 Å². The van der Waals surface area contributed by atoms with E-state index in [2.05, 4.69) is 9.47 Å². The van der Waals surface area contributed by atoms with E-state index in [9.17, 15) is 9.18 Å². The van der Waals surface area contributed by atoms with Crippen LogP contribution in [0.25, 0.3) is 11.0 Å². The van der Waals surface area contributed by atoms with Gasteiger partial charge in [-0.2, -0.15) is 0 Å². The normalized spacial score (nSPS) is 15.8. The van der Waals surface area contributed by atoms with Crippen molar-refractivity contribution in [3.63, 3.8) is 0 Å². The lowest BCUT2D eigenvalue weighted by atomic mass is 10.2. The average molecular weight is 401 g/mol. The van der Waals surface area contributed by atoms with Gasteiger partial charge in [-0.05, 0) is 42.8 Å². The van der Waals surface area contributed by atoms with Crippen LogP contribution in [0.4, 0.5) is 4.39 Å². The molecule has 4 rings (SSSR count). The SMILES string of the molecule is Cn1c(CN2CCCN(C(=O)c3cccc(F)c3)CC2)nc2cc(Cl)ccc21. The molecule has 1 aromatic heterocycles. The van der Waals surface area contributed by atoms with Gasteiger partial charge in [0, 0.05) is 43.8 Å². The van der Waals surface area contributed by atoms with E-state index in [4.69, 9.17) is 16.6 Å². The van der Waals surface area contributed by atoms with Crippen LogP contribution in [0, 0.1) is 5.82 Å². The van der Waals surface area contributed by atoms with E-state index in [1.807, 2.05) is 30.1 Å². The van der Waals surface area contributed by atoms with Crippen LogP contribution in [0.1, 0.15) is 22.6 Å². The van der Waals surface area contributed by atoms with Crippen LogP contribution in [-0.4, -0.2) is 51.4 Å². The van der Waals surface area contributed by atoms with Gasteiger partial charge in [0.05, 0.1) is 17.6 Å². The van der Waals surface area contributed by atoms with E-state index in [0.29, 0.717) is 30.2 Å². The maximum Gasteiger partial charge on any atom is 0.254 e. The Morgan fingerprint density at radius 1 is 1.14 bits per heavy atom. The van der Waals surface area contributed by atoms with Gasteiger partial charge < -0.3 is 9.47 Å². The largest absolute Gasteiger partial charge is 0.337 e. The summed E-state index contributed by atoms with van der Waals surface area (Å²) in [7, 11) is 2.01. The number of carbonyl (C=O) groups is 1. The van der Waals surface area contributed by atoms with Crippen LogP contribution in [0.2, 0.25) is 5.02 Å². The zero-order valence-electron chi connectivity index (χ0n) is 15.7. The molecular weight excluding hydrogens is 379 g/mol. The summed E-state index contributed by atoms with van der Waals surface area (Å²) in [5, 5.41) is 0.679. The number of nitrogens with zero attached hydrogens (tertiary/aromatic N) is 4. The quantitative estimate of drug-likeness (QED) is 0.673. The van der Waals surface area contributed by atoms with E-state index in [-0.39, 0.29) is 11.7 Å². The van der Waals surface area contributed by atoms with Crippen LogP contribution in [-0.2, 0) is 13.6 Å². The molecule has 0 aliphatic carbocycles. The first-order valence-corrected chi connectivity index (χ1v) is 9.77. The van der Waals surface area contributed by atoms with Crippen LogP contribution in [0.15, 0.2) is 42.5 Å². The van der Waals surface area contributed by atoms with Crippen LogP contribution in [0.5, 0.6) is 0 Å². The number of carbonyl (C=O) groups excluding carboxylic acids is 1. The topological polar surface area (TPSA) is 41.4 Å². The molecule has 1 aliphatic rings. The van der Waals surface area contributed by atoms with Crippen molar-refractivity contribution in [1.29, 1.82) is 0 Å². The standard InChI is InChI=1S/C21H22ClFN4O/c1-25-19-7-6-16(22)13-18(19)24-20(25)14-26-8-3-9-27(11-10-26)21(28)15-4-2-5-17(23)12-15/h2,4-7,12-13H,3,8-11,14H2,1H3. The molecular formula is C21H22ClFN4O. The first-order chi connectivity index (χ1) is 13.5. The minimum Gasteiger partial charge on any atom is -0.337 e. The summed E-state index contributed by atoms with van der Waals surface area (Å²) in [6.45, 7) is 3.64. The van der Waals surface area contributed by atoms with Crippen molar-refractivity contribution < 1.29 is 9.18 Å². The minimum absolute atomic E-state index is 0.112. The molecule has 0 spiro atoms. The summed E-state index contributed by atoms with van der Waals surface area (Å²) in [5.74, 6) is 0.477. The summed E-state index contributed by atoms with van der Waals surface area (Å²) in [6, 6.07) is 11.6. The van der Waals surface area contributed by atoms with Crippen LogP contribution in [0.3, 0.4) is 0 Å². The fourth-order valence-corrected chi connectivity index (χ4v) is 3.87. The predicted octanol–water partition coefficient (Wildman–Crippen LogP) is 3.71. The number of rotatable bonds is 3. The first-order valence-electron chi connectivity index (χ1n) is 9.39. The lowest BCUT2D eigenvalue weighted by molar-refractivity contribution is 0.0760. The number of benzene rings is 2. The molecule has 0 radical (unpaired) electrons. The van der Waals surface area contributed by atoms with E-state index in [1.54, 1.807) is 12.1 Å². The fraction of sp³-hybridized carbons (Fsp3) is 0.333. The highest BCUT2D eigenvalue weighted by Crippen LogP contribution is 2.21. The molecule has 1 fully saturated rings. The Labute approximate surface area is 168 Å². The molecule has 0 atom stereocenters. The van der Waals surface area contributed by atoms with Crippen LogP contribution >= 0.6 is 11.6 Å². The van der Waals surface area contributed by atoms with Gasteiger partial charge in [0.25, 0.3) is 5.91 Å². The second-order valence-electron chi connectivity index (χ2n) is 7.15. The lowest BCUT2D eigenvalue weighted by Crippen LogP contribution is -2.35. The molecule has 146 valence electrons. The van der Waals surface area contributed by atoms with Gasteiger partial charge in [-0.3, -0.25) is 9.69 Å². The zero-order chi connectivity index (χ0) is 19.7. The molecule has 2 heterocycles. The number of hydrogen-bond donors (Lipinski definition) is 0. The monoisotopic (exact) mass is 400 g/mol. The Kier molecular flexibility index (Phi) is 5.33. The molecule has 3 aromatic rings. The molecule has 7 heteroatoms. The van der Waals surface area contributed by atoms with Crippen molar-refractivity contribution in [2.45, 2.75) is 13.0 Å². The highest BCUT2D eigenvalue weighted by Gasteiger charge is 2.21. The van der Waals surface area contributed by atoms with Crippen molar-refractivity contribution >= 4 is 28.5 Å². The Hall–Kier alpha value is -2.44. The summed E-state index contributed by atoms with van der Waals surface area (Å²) in [4.78, 5) is 21.5. The first kappa shape index (κ1) is 18.9. The van der Waals surface area contributed by atoms with Gasteiger partial charge in [-0.15, -0.1) is 0 Å². The number of aromatic nitrogens is 2. The third kappa shape index (κ3) is 3.88. The number of hydrogen-bond acceptors (Lipinski definition) is 3. The smallest absolute Gasteiger partial charge is 0.254 e. The van der Waals surface area contributed by atoms with Gasteiger partial charge in [0.2, 0.25) is 0 Å². The molecule has 1 aliphatic heterocycles. The molecule has 0 saturated carbocycles. The lowest BCUT2D eigenvalue weighted by Gasteiger charge is -2.22. The minimum atomic E-state index is -0.385. The second kappa shape index (κ2) is 7.89. The molecule has 0 bridgehead atoms. The fourth-order valence-electron chi connectivity index (χ4n) is 3.70. The Morgan fingerprint density at radius 2 is 2.00 bits per heavy atom. The van der Waals surface area contributed by atoms with Gasteiger partial charge in [0.1, 0.15) is 11.6 Å². The Morgan fingerprint density at radius 3 is 2.82 bits per heavy atom. The van der Waals surface area contributed by atoms with Crippen molar-refractivity contribution in [1.82, 2.24) is 19.4 Å².